The molecule has 0 atom stereocenters. The van der Waals surface area contributed by atoms with Gasteiger partial charge in [0, 0.05) is 31.2 Å². The summed E-state index contributed by atoms with van der Waals surface area (Å²) in [4.78, 5) is 34.8. The molecule has 0 spiro atoms. The van der Waals surface area contributed by atoms with Crippen molar-refractivity contribution in [2.45, 2.75) is 76.4 Å². The molecule has 1 fully saturated rings. The minimum Gasteiger partial charge on any atom is -0.438 e. The van der Waals surface area contributed by atoms with E-state index in [0.717, 1.165) is 66.8 Å². The third-order valence-corrected chi connectivity index (χ3v) is 9.44. The Labute approximate surface area is 285 Å². The van der Waals surface area contributed by atoms with Crippen LogP contribution in [0.4, 0.5) is 4.39 Å². The van der Waals surface area contributed by atoms with E-state index in [-0.39, 0.29) is 36.0 Å². The Morgan fingerprint density at radius 3 is 2.41 bits per heavy atom. The maximum Gasteiger partial charge on any atom is 0.271 e. The summed E-state index contributed by atoms with van der Waals surface area (Å²) in [5, 5.41) is 6.10. The van der Waals surface area contributed by atoms with Crippen molar-refractivity contribution in [3.05, 3.63) is 95.5 Å². The molecule has 0 radical (unpaired) electrons. The van der Waals surface area contributed by atoms with Gasteiger partial charge >= 0.3 is 0 Å². The third-order valence-electron chi connectivity index (χ3n) is 8.84. The molecule has 0 saturated heterocycles. The molecule has 13 heteroatoms. The first-order chi connectivity index (χ1) is 23.6. The fourth-order valence-electron chi connectivity index (χ4n) is 6.30. The van der Waals surface area contributed by atoms with Gasteiger partial charge in [0.15, 0.2) is 0 Å². The van der Waals surface area contributed by atoms with E-state index in [1.54, 1.807) is 6.07 Å². The summed E-state index contributed by atoms with van der Waals surface area (Å²) in [6.07, 6.45) is 10.9. The zero-order valence-corrected chi connectivity index (χ0v) is 28.2. The molecule has 49 heavy (non-hydrogen) atoms. The predicted molar refractivity (Wildman–Crippen MR) is 181 cm³/mol. The Bertz CT molecular complexity index is 1880. The molecule has 2 N–H and O–H groups in total. The second kappa shape index (κ2) is 15.3. The van der Waals surface area contributed by atoms with Crippen molar-refractivity contribution in [3.8, 4) is 22.8 Å². The van der Waals surface area contributed by atoms with Crippen LogP contribution in [0.15, 0.2) is 67.0 Å². The number of hydrogen-bond acceptors (Lipinski definition) is 8. The van der Waals surface area contributed by atoms with E-state index in [0.29, 0.717) is 50.0 Å². The van der Waals surface area contributed by atoms with Crippen molar-refractivity contribution in [3.63, 3.8) is 0 Å². The summed E-state index contributed by atoms with van der Waals surface area (Å²) < 4.78 is 49.5. The molecular weight excluding hydrogens is 649 g/mol. The molecule has 1 saturated carbocycles. The number of amides is 2. The molecule has 2 amide bonds. The molecule has 6 rings (SSSR count). The summed E-state index contributed by atoms with van der Waals surface area (Å²) in [6.45, 7) is 1.03. The first kappa shape index (κ1) is 34.3. The number of rotatable bonds is 12. The van der Waals surface area contributed by atoms with Crippen LogP contribution in [-0.4, -0.2) is 59.7 Å². The fraction of sp³-hybridized carbons (Fsp3) is 0.389. The van der Waals surface area contributed by atoms with Gasteiger partial charge in [-0.1, -0.05) is 36.4 Å². The second-order valence-corrected chi connectivity index (χ2v) is 14.3. The van der Waals surface area contributed by atoms with Crippen molar-refractivity contribution in [2.75, 3.05) is 12.9 Å². The van der Waals surface area contributed by atoms with E-state index in [2.05, 4.69) is 25.2 Å². The van der Waals surface area contributed by atoms with E-state index < -0.39 is 21.8 Å². The van der Waals surface area contributed by atoms with Crippen LogP contribution in [0.3, 0.4) is 0 Å². The van der Waals surface area contributed by atoms with E-state index in [1.165, 1.54) is 0 Å². The van der Waals surface area contributed by atoms with Gasteiger partial charge in [-0.15, -0.1) is 0 Å². The molecule has 2 aliphatic rings. The standard InChI is InChI=1S/C36H40FN5O6S/c1-49(45,46)47-19-5-6-24-10-12-25(13-11-24)26-7-4-8-30(20-26)48-36-31(21-27(37)22-38-36)34(43)39-28-14-16-29(17-15-28)40-35(44)32-23-42-18-3-2-9-33(42)41-32/h4,7-8,10-13,20-23,28-29H,2-3,5-6,9,14-19H2,1H3,(H,39,43)(H,40,44). The number of fused-ring (bicyclic) bond motifs is 1. The van der Waals surface area contributed by atoms with Gasteiger partial charge in [-0.25, -0.2) is 14.4 Å². The summed E-state index contributed by atoms with van der Waals surface area (Å²) in [6, 6.07) is 16.1. The number of ether oxygens (including phenoxy) is 1. The van der Waals surface area contributed by atoms with E-state index in [4.69, 9.17) is 8.92 Å². The van der Waals surface area contributed by atoms with Gasteiger partial charge in [0.25, 0.3) is 21.9 Å². The third kappa shape index (κ3) is 9.30. The highest BCUT2D eigenvalue weighted by Crippen LogP contribution is 2.29. The van der Waals surface area contributed by atoms with Crippen molar-refractivity contribution in [1.29, 1.82) is 0 Å². The van der Waals surface area contributed by atoms with Crippen molar-refractivity contribution < 1.29 is 31.3 Å². The number of aryl methyl sites for hydroxylation is 3. The van der Waals surface area contributed by atoms with Crippen LogP contribution in [0, 0.1) is 5.82 Å². The number of aromatic nitrogens is 3. The average molecular weight is 690 g/mol. The van der Waals surface area contributed by atoms with Crippen LogP contribution in [0.2, 0.25) is 0 Å². The summed E-state index contributed by atoms with van der Waals surface area (Å²) >= 11 is 0. The number of pyridine rings is 1. The van der Waals surface area contributed by atoms with Crippen LogP contribution in [-0.2, 0) is 33.7 Å². The summed E-state index contributed by atoms with van der Waals surface area (Å²) in [5.74, 6) is 0.0883. The minimum absolute atomic E-state index is 0.00576. The van der Waals surface area contributed by atoms with E-state index in [1.807, 2.05) is 48.7 Å². The van der Waals surface area contributed by atoms with Crippen LogP contribution >= 0.6 is 0 Å². The molecule has 2 aromatic carbocycles. The SMILES string of the molecule is CS(=O)(=O)OCCCc1ccc(-c2cccc(Oc3ncc(F)cc3C(=O)NC3CCC(NC(=O)c4cn5c(n4)CCCC5)CC3)c2)cc1. The summed E-state index contributed by atoms with van der Waals surface area (Å²) in [7, 11) is -3.45. The maximum absolute atomic E-state index is 14.3. The number of imidazole rings is 1. The monoisotopic (exact) mass is 689 g/mol. The molecule has 1 aliphatic heterocycles. The van der Waals surface area contributed by atoms with Crippen LogP contribution in [0.25, 0.3) is 11.1 Å². The quantitative estimate of drug-likeness (QED) is 0.145. The maximum atomic E-state index is 14.3. The molecule has 4 aromatic rings. The first-order valence-electron chi connectivity index (χ1n) is 16.6. The lowest BCUT2D eigenvalue weighted by Gasteiger charge is -2.29. The molecule has 258 valence electrons. The first-order valence-corrected chi connectivity index (χ1v) is 18.5. The smallest absolute Gasteiger partial charge is 0.271 e. The number of nitrogens with zero attached hydrogens (tertiary/aromatic N) is 3. The number of nitrogens with one attached hydrogen (secondary N) is 2. The van der Waals surface area contributed by atoms with Gasteiger partial charge in [-0.05, 0) is 86.3 Å². The Balaban J connectivity index is 1.03. The number of hydrogen-bond donors (Lipinski definition) is 2. The molecular formula is C36H40FN5O6S. The van der Waals surface area contributed by atoms with Crippen molar-refractivity contribution >= 4 is 21.9 Å². The van der Waals surface area contributed by atoms with Crippen LogP contribution in [0.1, 0.15) is 77.2 Å². The number of halogens is 1. The topological polar surface area (TPSA) is 142 Å². The number of carbonyl (C=O) groups excluding carboxylic acids is 2. The van der Waals surface area contributed by atoms with Gasteiger partial charge < -0.3 is 19.9 Å². The van der Waals surface area contributed by atoms with Crippen molar-refractivity contribution in [2.24, 2.45) is 0 Å². The van der Waals surface area contributed by atoms with Gasteiger partial charge in [-0.3, -0.25) is 13.8 Å². The van der Waals surface area contributed by atoms with Crippen LogP contribution in [0.5, 0.6) is 11.6 Å². The van der Waals surface area contributed by atoms with Gasteiger partial charge in [0.2, 0.25) is 5.88 Å². The zero-order valence-electron chi connectivity index (χ0n) is 27.4. The molecule has 0 bridgehead atoms. The average Bonchev–Trinajstić information content (AvgIpc) is 3.53. The lowest BCUT2D eigenvalue weighted by atomic mass is 9.91. The van der Waals surface area contributed by atoms with Gasteiger partial charge in [0.1, 0.15) is 28.6 Å². The zero-order chi connectivity index (χ0) is 34.4. The largest absolute Gasteiger partial charge is 0.438 e. The number of carbonyl (C=O) groups is 2. The predicted octanol–water partition coefficient (Wildman–Crippen LogP) is 5.59. The van der Waals surface area contributed by atoms with Gasteiger partial charge in [0.05, 0.1) is 19.1 Å². The Morgan fingerprint density at radius 2 is 1.69 bits per heavy atom. The Hall–Kier alpha value is -4.62. The van der Waals surface area contributed by atoms with Crippen LogP contribution < -0.4 is 15.4 Å². The lowest BCUT2D eigenvalue weighted by Crippen LogP contribution is -2.44. The highest BCUT2D eigenvalue weighted by atomic mass is 32.2. The molecule has 3 heterocycles. The van der Waals surface area contributed by atoms with E-state index in [9.17, 15) is 22.4 Å². The van der Waals surface area contributed by atoms with Gasteiger partial charge in [-0.2, -0.15) is 8.42 Å². The highest BCUT2D eigenvalue weighted by molar-refractivity contribution is 7.85. The fourth-order valence-corrected chi connectivity index (χ4v) is 6.72. The number of benzene rings is 2. The molecule has 2 aromatic heterocycles. The molecule has 1 aliphatic carbocycles. The molecule has 11 nitrogen and oxygen atoms in total. The summed E-state index contributed by atoms with van der Waals surface area (Å²) in [5.41, 5.74) is 3.30. The Morgan fingerprint density at radius 1 is 0.959 bits per heavy atom. The lowest BCUT2D eigenvalue weighted by molar-refractivity contribution is 0.0887. The Kier molecular flexibility index (Phi) is 10.7. The minimum atomic E-state index is -3.45. The highest BCUT2D eigenvalue weighted by Gasteiger charge is 2.27. The second-order valence-electron chi connectivity index (χ2n) is 12.7. The van der Waals surface area contributed by atoms with Crippen molar-refractivity contribution in [1.82, 2.24) is 25.2 Å². The molecule has 0 unspecified atom stereocenters. The van der Waals surface area contributed by atoms with E-state index >= 15 is 0 Å². The normalized spacial score (nSPS) is 17.6.